The molecule has 2 aromatic carbocycles. The van der Waals surface area contributed by atoms with Crippen LogP contribution in [0.25, 0.3) is 0 Å². The van der Waals surface area contributed by atoms with Gasteiger partial charge in [0.25, 0.3) is 5.91 Å². The summed E-state index contributed by atoms with van der Waals surface area (Å²) in [6.45, 7) is 9.69. The molecular weight excluding hydrogens is 336 g/mol. The third-order valence-corrected chi connectivity index (χ3v) is 3.60. The van der Waals surface area contributed by atoms with Gasteiger partial charge >= 0.3 is 0 Å². The Bertz CT molecular complexity index is 740. The van der Waals surface area contributed by atoms with Crippen molar-refractivity contribution in [1.82, 2.24) is 5.32 Å². The quantitative estimate of drug-likeness (QED) is 0.759. The highest BCUT2D eigenvalue weighted by atomic mass is 35.5. The zero-order valence-electron chi connectivity index (χ0n) is 14.7. The Morgan fingerprint density at radius 1 is 1.12 bits per heavy atom. The van der Waals surface area contributed by atoms with Crippen LogP contribution in [0.15, 0.2) is 55.1 Å². The van der Waals surface area contributed by atoms with Crippen molar-refractivity contribution in [3.8, 4) is 0 Å². The SMILES string of the molecule is C=CC(=O)Nc1ccc(C(=O)NCc2ccc(C)cc2Cl)cc1.CC. The van der Waals surface area contributed by atoms with Gasteiger partial charge in [0.1, 0.15) is 0 Å². The second kappa shape index (κ2) is 10.3. The summed E-state index contributed by atoms with van der Waals surface area (Å²) in [4.78, 5) is 23.3. The van der Waals surface area contributed by atoms with E-state index in [1.54, 1.807) is 24.3 Å². The maximum absolute atomic E-state index is 12.1. The first kappa shape index (κ1) is 20.5. The number of carbonyl (C=O) groups excluding carboxylic acids is 2. The van der Waals surface area contributed by atoms with E-state index in [0.717, 1.165) is 11.1 Å². The van der Waals surface area contributed by atoms with Crippen molar-refractivity contribution in [2.24, 2.45) is 0 Å². The summed E-state index contributed by atoms with van der Waals surface area (Å²) in [6.07, 6.45) is 1.19. The van der Waals surface area contributed by atoms with E-state index < -0.39 is 0 Å². The summed E-state index contributed by atoms with van der Waals surface area (Å²) in [5.74, 6) is -0.501. The van der Waals surface area contributed by atoms with Crippen LogP contribution in [0.2, 0.25) is 5.02 Å². The third-order valence-electron chi connectivity index (χ3n) is 3.25. The molecule has 2 N–H and O–H groups in total. The molecule has 0 heterocycles. The lowest BCUT2D eigenvalue weighted by molar-refractivity contribution is -0.111. The van der Waals surface area contributed by atoms with Gasteiger partial charge in [-0.25, -0.2) is 0 Å². The highest BCUT2D eigenvalue weighted by molar-refractivity contribution is 6.31. The van der Waals surface area contributed by atoms with E-state index in [-0.39, 0.29) is 11.8 Å². The second-order valence-electron chi connectivity index (χ2n) is 5.05. The van der Waals surface area contributed by atoms with E-state index in [2.05, 4.69) is 17.2 Å². The molecule has 5 heteroatoms. The van der Waals surface area contributed by atoms with Crippen molar-refractivity contribution in [2.45, 2.75) is 27.3 Å². The Morgan fingerprint density at radius 3 is 2.32 bits per heavy atom. The molecule has 0 saturated carbocycles. The Hall–Kier alpha value is -2.59. The Labute approximate surface area is 153 Å². The Morgan fingerprint density at radius 2 is 1.76 bits per heavy atom. The minimum absolute atomic E-state index is 0.205. The van der Waals surface area contributed by atoms with Crippen molar-refractivity contribution in [3.05, 3.63) is 76.8 Å². The fourth-order valence-corrected chi connectivity index (χ4v) is 2.27. The molecule has 0 spiro atoms. The van der Waals surface area contributed by atoms with Crippen LogP contribution in [0, 0.1) is 6.92 Å². The first-order chi connectivity index (χ1) is 12.0. The third kappa shape index (κ3) is 6.43. The molecule has 0 aliphatic carbocycles. The molecule has 0 saturated heterocycles. The van der Waals surface area contributed by atoms with Crippen molar-refractivity contribution in [3.63, 3.8) is 0 Å². The van der Waals surface area contributed by atoms with Crippen molar-refractivity contribution < 1.29 is 9.59 Å². The van der Waals surface area contributed by atoms with Crippen LogP contribution in [0.4, 0.5) is 5.69 Å². The number of benzene rings is 2. The first-order valence-electron chi connectivity index (χ1n) is 8.06. The molecular formula is C20H23ClN2O2. The largest absolute Gasteiger partial charge is 0.348 e. The fraction of sp³-hybridized carbons (Fsp3) is 0.200. The second-order valence-corrected chi connectivity index (χ2v) is 5.46. The minimum Gasteiger partial charge on any atom is -0.348 e. The smallest absolute Gasteiger partial charge is 0.251 e. The summed E-state index contributed by atoms with van der Waals surface area (Å²) >= 11 is 6.14. The number of anilines is 1. The number of hydrogen-bond donors (Lipinski definition) is 2. The van der Waals surface area contributed by atoms with Gasteiger partial charge in [0.05, 0.1) is 0 Å². The average molecular weight is 359 g/mol. The first-order valence-corrected chi connectivity index (χ1v) is 8.44. The molecule has 0 aliphatic heterocycles. The van der Waals surface area contributed by atoms with Gasteiger partial charge in [0, 0.05) is 22.8 Å². The lowest BCUT2D eigenvalue weighted by Crippen LogP contribution is -2.23. The Kier molecular flexibility index (Phi) is 8.44. The number of carbonyl (C=O) groups is 2. The van der Waals surface area contributed by atoms with E-state index in [0.29, 0.717) is 22.8 Å². The summed E-state index contributed by atoms with van der Waals surface area (Å²) in [5.41, 5.74) is 3.04. The monoisotopic (exact) mass is 358 g/mol. The predicted molar refractivity (Wildman–Crippen MR) is 104 cm³/mol. The molecule has 0 fully saturated rings. The molecule has 0 aromatic heterocycles. The summed E-state index contributed by atoms with van der Waals surface area (Å²) in [7, 11) is 0. The lowest BCUT2D eigenvalue weighted by atomic mass is 10.1. The Balaban J connectivity index is 0.00000151. The molecule has 0 aliphatic rings. The maximum Gasteiger partial charge on any atom is 0.251 e. The van der Waals surface area contributed by atoms with Gasteiger partial charge in [0.15, 0.2) is 0 Å². The van der Waals surface area contributed by atoms with E-state index in [1.807, 2.05) is 39.0 Å². The topological polar surface area (TPSA) is 58.2 Å². The zero-order valence-corrected chi connectivity index (χ0v) is 15.5. The number of amides is 2. The fourth-order valence-electron chi connectivity index (χ4n) is 1.97. The molecule has 4 nitrogen and oxygen atoms in total. The molecule has 2 rings (SSSR count). The molecule has 0 atom stereocenters. The van der Waals surface area contributed by atoms with E-state index >= 15 is 0 Å². The van der Waals surface area contributed by atoms with Gasteiger partial charge in [0.2, 0.25) is 5.91 Å². The highest BCUT2D eigenvalue weighted by Gasteiger charge is 2.07. The normalized spacial score (nSPS) is 9.44. The van der Waals surface area contributed by atoms with Crippen LogP contribution in [0.1, 0.15) is 35.3 Å². The van der Waals surface area contributed by atoms with Crippen molar-refractivity contribution in [2.75, 3.05) is 5.32 Å². The van der Waals surface area contributed by atoms with Gasteiger partial charge in [-0.3, -0.25) is 9.59 Å². The van der Waals surface area contributed by atoms with Gasteiger partial charge in [-0.05, 0) is 54.5 Å². The van der Waals surface area contributed by atoms with Crippen molar-refractivity contribution >= 4 is 29.1 Å². The molecule has 0 radical (unpaired) electrons. The standard InChI is InChI=1S/C18H17ClN2O2.C2H6/c1-3-17(22)21-15-8-6-13(7-9-15)18(23)20-11-14-5-4-12(2)10-16(14)19;1-2/h3-10H,1,11H2,2H3,(H,20,23)(H,21,22);1-2H3. The molecule has 0 bridgehead atoms. The average Bonchev–Trinajstić information content (AvgIpc) is 2.63. The number of aryl methyl sites for hydroxylation is 1. The zero-order chi connectivity index (χ0) is 18.8. The predicted octanol–water partition coefficient (Wildman–Crippen LogP) is 4.73. The molecule has 132 valence electrons. The van der Waals surface area contributed by atoms with Gasteiger partial charge in [-0.1, -0.05) is 44.2 Å². The van der Waals surface area contributed by atoms with E-state index in [1.165, 1.54) is 6.08 Å². The van der Waals surface area contributed by atoms with Gasteiger partial charge < -0.3 is 10.6 Å². The maximum atomic E-state index is 12.1. The highest BCUT2D eigenvalue weighted by Crippen LogP contribution is 2.17. The van der Waals surface area contributed by atoms with Gasteiger partial charge in [-0.15, -0.1) is 0 Å². The molecule has 0 unspecified atom stereocenters. The van der Waals surface area contributed by atoms with E-state index in [9.17, 15) is 9.59 Å². The molecule has 2 aromatic rings. The van der Waals surface area contributed by atoms with Crippen LogP contribution < -0.4 is 10.6 Å². The number of nitrogens with one attached hydrogen (secondary N) is 2. The number of hydrogen-bond acceptors (Lipinski definition) is 2. The number of halogens is 1. The van der Waals surface area contributed by atoms with Crippen LogP contribution in [0.5, 0.6) is 0 Å². The van der Waals surface area contributed by atoms with Crippen LogP contribution >= 0.6 is 11.6 Å². The summed E-state index contributed by atoms with van der Waals surface area (Å²) in [5, 5.41) is 6.07. The van der Waals surface area contributed by atoms with Crippen LogP contribution in [0.3, 0.4) is 0 Å². The molecule has 2 amide bonds. The van der Waals surface area contributed by atoms with Gasteiger partial charge in [-0.2, -0.15) is 0 Å². The van der Waals surface area contributed by atoms with Crippen molar-refractivity contribution in [1.29, 1.82) is 0 Å². The van der Waals surface area contributed by atoms with E-state index in [4.69, 9.17) is 11.6 Å². The molecule has 25 heavy (non-hydrogen) atoms. The summed E-state index contributed by atoms with van der Waals surface area (Å²) in [6, 6.07) is 12.3. The van der Waals surface area contributed by atoms with Crippen LogP contribution in [-0.2, 0) is 11.3 Å². The summed E-state index contributed by atoms with van der Waals surface area (Å²) < 4.78 is 0. The minimum atomic E-state index is -0.295. The number of rotatable bonds is 5. The lowest BCUT2D eigenvalue weighted by Gasteiger charge is -2.08. The van der Waals surface area contributed by atoms with Crippen LogP contribution in [-0.4, -0.2) is 11.8 Å².